The van der Waals surface area contributed by atoms with Crippen LogP contribution in [0.25, 0.3) is 0 Å². The van der Waals surface area contributed by atoms with E-state index in [1.807, 2.05) is 6.08 Å². The van der Waals surface area contributed by atoms with E-state index in [1.54, 1.807) is 6.08 Å². The lowest BCUT2D eigenvalue weighted by Crippen LogP contribution is -2.45. The molecule has 0 aliphatic rings. The quantitative estimate of drug-likeness (QED) is 0.0320. The molecule has 460 valence electrons. The number of carbonyl (C=O) groups excluding carboxylic acids is 2. The molecular weight excluding hydrogens is 959 g/mol. The second-order valence-electron chi connectivity index (χ2n) is 24.2. The van der Waals surface area contributed by atoms with Crippen LogP contribution in [0.15, 0.2) is 36.5 Å². The third kappa shape index (κ3) is 63.3. The maximum atomic E-state index is 12.5. The van der Waals surface area contributed by atoms with Gasteiger partial charge in [-0.1, -0.05) is 346 Å². The number of hydrogen-bond acceptors (Lipinski definition) is 5. The first-order valence-electron chi connectivity index (χ1n) is 35.3. The van der Waals surface area contributed by atoms with Gasteiger partial charge in [0, 0.05) is 12.8 Å². The van der Waals surface area contributed by atoms with Crippen molar-refractivity contribution in [2.75, 3.05) is 13.2 Å². The molecule has 0 aromatic rings. The first kappa shape index (κ1) is 76.1. The minimum absolute atomic E-state index is 0.0149. The Balaban J connectivity index is 3.39. The molecule has 0 aliphatic carbocycles. The molecule has 6 heteroatoms. The number of nitrogens with one attached hydrogen (secondary N) is 1. The van der Waals surface area contributed by atoms with Gasteiger partial charge in [-0.25, -0.2) is 0 Å². The third-order valence-electron chi connectivity index (χ3n) is 16.4. The summed E-state index contributed by atoms with van der Waals surface area (Å²) >= 11 is 0. The molecule has 2 atom stereocenters. The van der Waals surface area contributed by atoms with E-state index in [0.717, 1.165) is 44.9 Å². The van der Waals surface area contributed by atoms with Crippen molar-refractivity contribution in [2.45, 2.75) is 398 Å². The number of rotatable bonds is 66. The van der Waals surface area contributed by atoms with E-state index in [1.165, 1.54) is 315 Å². The Morgan fingerprint density at radius 3 is 0.974 bits per heavy atom. The summed E-state index contributed by atoms with van der Waals surface area (Å²) in [6.45, 7) is 4.93. The SMILES string of the molecule is CCCCCCCCCCCCCCCC/C=C/C(O)C(CO)NC(=O)CCCCCCCCCCCCCCCCCCC/C=C\C/C=C\CCCCCCCCCCCOC(=O)CCCCCCCCCCCCCC. The summed E-state index contributed by atoms with van der Waals surface area (Å²) in [6, 6.07) is -0.626. The van der Waals surface area contributed by atoms with Crippen LogP contribution in [0.5, 0.6) is 0 Å². The van der Waals surface area contributed by atoms with Crippen molar-refractivity contribution < 1.29 is 24.5 Å². The van der Waals surface area contributed by atoms with Crippen molar-refractivity contribution >= 4 is 11.9 Å². The lowest BCUT2D eigenvalue weighted by atomic mass is 10.0. The highest BCUT2D eigenvalue weighted by Gasteiger charge is 2.18. The van der Waals surface area contributed by atoms with E-state index in [2.05, 4.69) is 43.5 Å². The Kier molecular flexibility index (Phi) is 65.9. The number of aliphatic hydroxyl groups is 2. The van der Waals surface area contributed by atoms with Crippen LogP contribution in [0, 0.1) is 0 Å². The molecule has 0 aromatic carbocycles. The minimum atomic E-state index is -0.843. The smallest absolute Gasteiger partial charge is 0.305 e. The fourth-order valence-corrected chi connectivity index (χ4v) is 11.0. The molecule has 0 rings (SSSR count). The largest absolute Gasteiger partial charge is 0.466 e. The first-order chi connectivity index (χ1) is 38.5. The predicted octanol–water partition coefficient (Wildman–Crippen LogP) is 22.7. The van der Waals surface area contributed by atoms with Gasteiger partial charge in [-0.05, 0) is 64.2 Å². The van der Waals surface area contributed by atoms with Gasteiger partial charge in [0.1, 0.15) is 0 Å². The van der Waals surface area contributed by atoms with E-state index >= 15 is 0 Å². The van der Waals surface area contributed by atoms with Gasteiger partial charge in [-0.3, -0.25) is 9.59 Å². The summed E-state index contributed by atoms with van der Waals surface area (Å²) in [6.07, 6.45) is 86.6. The number of esters is 1. The lowest BCUT2D eigenvalue weighted by molar-refractivity contribution is -0.143. The van der Waals surface area contributed by atoms with Crippen LogP contribution in [0.1, 0.15) is 386 Å². The fourth-order valence-electron chi connectivity index (χ4n) is 11.0. The van der Waals surface area contributed by atoms with E-state index in [4.69, 9.17) is 4.74 Å². The maximum Gasteiger partial charge on any atom is 0.305 e. The standard InChI is InChI=1S/C72H137NO5/c1-3-5-7-9-11-13-15-17-18-38-41-44-48-52-56-60-64-70(75)69(68-74)73-71(76)65-61-57-53-49-45-42-39-36-34-32-30-28-26-24-22-20-19-21-23-25-27-29-31-33-35-37-40-43-47-51-55-59-63-67-78-72(77)66-62-58-54-50-46-16-14-12-10-8-6-4-2/h23,25,29,31,60,64,69-70,74-75H,3-22,24,26-28,30,32-59,61-63,65-68H2,1-2H3,(H,73,76)/b25-23-,31-29-,64-60+. The van der Waals surface area contributed by atoms with Crippen LogP contribution in [0.4, 0.5) is 0 Å². The monoisotopic (exact) mass is 1100 g/mol. The summed E-state index contributed by atoms with van der Waals surface area (Å²) < 4.78 is 5.48. The molecule has 0 aliphatic heterocycles. The van der Waals surface area contributed by atoms with E-state index in [9.17, 15) is 19.8 Å². The summed E-state index contributed by atoms with van der Waals surface area (Å²) in [5.74, 6) is -0.0487. The second-order valence-corrected chi connectivity index (χ2v) is 24.2. The van der Waals surface area contributed by atoms with Crippen molar-refractivity contribution in [3.8, 4) is 0 Å². The average molecular weight is 1100 g/mol. The first-order valence-corrected chi connectivity index (χ1v) is 35.3. The molecule has 0 bridgehead atoms. The van der Waals surface area contributed by atoms with E-state index in [-0.39, 0.29) is 18.5 Å². The highest BCUT2D eigenvalue weighted by Crippen LogP contribution is 2.18. The van der Waals surface area contributed by atoms with Gasteiger partial charge in [0.25, 0.3) is 0 Å². The Morgan fingerprint density at radius 2 is 0.641 bits per heavy atom. The number of ether oxygens (including phenoxy) is 1. The van der Waals surface area contributed by atoms with Crippen LogP contribution in [0.3, 0.4) is 0 Å². The van der Waals surface area contributed by atoms with Gasteiger partial charge in [-0.2, -0.15) is 0 Å². The van der Waals surface area contributed by atoms with Gasteiger partial charge in [0.2, 0.25) is 5.91 Å². The van der Waals surface area contributed by atoms with Crippen molar-refractivity contribution in [1.29, 1.82) is 0 Å². The number of hydrogen-bond donors (Lipinski definition) is 3. The van der Waals surface area contributed by atoms with Crippen molar-refractivity contribution in [3.05, 3.63) is 36.5 Å². The van der Waals surface area contributed by atoms with Crippen LogP contribution in [-0.4, -0.2) is 47.4 Å². The maximum absolute atomic E-state index is 12.5. The number of unbranched alkanes of at least 4 members (excludes halogenated alkanes) is 51. The number of allylic oxidation sites excluding steroid dienone is 5. The molecule has 0 spiro atoms. The summed E-state index contributed by atoms with van der Waals surface area (Å²) in [5.41, 5.74) is 0. The van der Waals surface area contributed by atoms with Gasteiger partial charge in [0.05, 0.1) is 25.4 Å². The molecule has 0 fully saturated rings. The third-order valence-corrected chi connectivity index (χ3v) is 16.4. The zero-order chi connectivity index (χ0) is 56.4. The van der Waals surface area contributed by atoms with Gasteiger partial charge >= 0.3 is 5.97 Å². The molecule has 0 radical (unpaired) electrons. The van der Waals surface area contributed by atoms with Gasteiger partial charge in [-0.15, -0.1) is 0 Å². The Hall–Kier alpha value is -1.92. The molecule has 0 aromatic heterocycles. The Labute approximate surface area is 487 Å². The number of aliphatic hydroxyl groups excluding tert-OH is 2. The number of amides is 1. The molecule has 0 saturated heterocycles. The van der Waals surface area contributed by atoms with Crippen LogP contribution in [-0.2, 0) is 14.3 Å². The zero-order valence-corrected chi connectivity index (χ0v) is 52.7. The molecule has 0 saturated carbocycles. The van der Waals surface area contributed by atoms with Gasteiger partial charge < -0.3 is 20.3 Å². The average Bonchev–Trinajstić information content (AvgIpc) is 3.44. The molecular formula is C72H137NO5. The molecule has 2 unspecified atom stereocenters. The Bertz CT molecular complexity index is 1260. The topological polar surface area (TPSA) is 95.9 Å². The number of carbonyl (C=O) groups is 2. The summed E-state index contributed by atoms with van der Waals surface area (Å²) in [7, 11) is 0. The fraction of sp³-hybridized carbons (Fsp3) is 0.889. The highest BCUT2D eigenvalue weighted by atomic mass is 16.5. The normalized spacial score (nSPS) is 12.7. The van der Waals surface area contributed by atoms with Crippen molar-refractivity contribution in [3.63, 3.8) is 0 Å². The molecule has 0 heterocycles. The zero-order valence-electron chi connectivity index (χ0n) is 52.7. The van der Waals surface area contributed by atoms with Crippen LogP contribution in [0.2, 0.25) is 0 Å². The van der Waals surface area contributed by atoms with Gasteiger partial charge in [0.15, 0.2) is 0 Å². The predicted molar refractivity (Wildman–Crippen MR) is 343 cm³/mol. The van der Waals surface area contributed by atoms with E-state index < -0.39 is 12.1 Å². The van der Waals surface area contributed by atoms with Crippen molar-refractivity contribution in [2.24, 2.45) is 0 Å². The van der Waals surface area contributed by atoms with E-state index in [0.29, 0.717) is 19.4 Å². The highest BCUT2D eigenvalue weighted by molar-refractivity contribution is 5.76. The molecule has 78 heavy (non-hydrogen) atoms. The van der Waals surface area contributed by atoms with Crippen molar-refractivity contribution in [1.82, 2.24) is 5.32 Å². The lowest BCUT2D eigenvalue weighted by Gasteiger charge is -2.20. The molecule has 1 amide bonds. The summed E-state index contributed by atoms with van der Waals surface area (Å²) in [4.78, 5) is 24.5. The Morgan fingerprint density at radius 1 is 0.359 bits per heavy atom. The van der Waals surface area contributed by atoms with Crippen LogP contribution < -0.4 is 5.32 Å². The summed E-state index contributed by atoms with van der Waals surface area (Å²) in [5, 5.41) is 23.2. The minimum Gasteiger partial charge on any atom is -0.466 e. The molecule has 6 nitrogen and oxygen atoms in total. The second kappa shape index (κ2) is 67.6. The van der Waals surface area contributed by atoms with Crippen LogP contribution >= 0.6 is 0 Å². The molecule has 3 N–H and O–H groups in total.